The number of nitrogens with zero attached hydrogens (tertiary/aromatic N) is 1. The van der Waals surface area contributed by atoms with Gasteiger partial charge in [0.15, 0.2) is 5.78 Å². The number of nitrogens with one attached hydrogen (secondary N) is 1. The molecule has 0 heterocycles. The molecule has 1 amide bonds. The highest BCUT2D eigenvalue weighted by Crippen LogP contribution is 2.17. The van der Waals surface area contributed by atoms with E-state index in [1.54, 1.807) is 24.3 Å². The molecule has 1 N–H and O–H groups in total. The Morgan fingerprint density at radius 2 is 1.68 bits per heavy atom. The van der Waals surface area contributed by atoms with E-state index in [2.05, 4.69) is 5.32 Å². The first-order valence-electron chi connectivity index (χ1n) is 7.33. The van der Waals surface area contributed by atoms with Gasteiger partial charge in [-0.05, 0) is 43.3 Å². The van der Waals surface area contributed by atoms with Crippen LogP contribution in [-0.2, 0) is 14.8 Å². The van der Waals surface area contributed by atoms with Gasteiger partial charge >= 0.3 is 0 Å². The third-order valence-electron chi connectivity index (χ3n) is 3.47. The Hall–Kier alpha value is -2.58. The highest BCUT2D eigenvalue weighted by Gasteiger charge is 2.23. The first-order valence-corrected chi connectivity index (χ1v) is 8.77. The molecule has 0 aliphatic heterocycles. The monoisotopic (exact) mass is 364 g/mol. The number of rotatable bonds is 6. The molecule has 0 spiro atoms. The van der Waals surface area contributed by atoms with E-state index in [9.17, 15) is 22.4 Å². The molecule has 132 valence electrons. The van der Waals surface area contributed by atoms with Crippen LogP contribution in [0.3, 0.4) is 0 Å². The largest absolute Gasteiger partial charge is 0.324 e. The van der Waals surface area contributed by atoms with Crippen LogP contribution >= 0.6 is 0 Å². The molecule has 2 aromatic rings. The van der Waals surface area contributed by atoms with Gasteiger partial charge in [-0.25, -0.2) is 12.8 Å². The van der Waals surface area contributed by atoms with E-state index in [0.717, 1.165) is 28.6 Å². The molecular formula is C17H17FN2O4S. The van der Waals surface area contributed by atoms with Gasteiger partial charge in [-0.1, -0.05) is 12.1 Å². The summed E-state index contributed by atoms with van der Waals surface area (Å²) in [6.07, 6.45) is 0. The molecule has 0 saturated heterocycles. The quantitative estimate of drug-likeness (QED) is 0.797. The van der Waals surface area contributed by atoms with Gasteiger partial charge in [0.05, 0.1) is 17.1 Å². The molecule has 0 fully saturated rings. The number of benzene rings is 2. The van der Waals surface area contributed by atoms with Crippen molar-refractivity contribution in [1.29, 1.82) is 0 Å². The first kappa shape index (κ1) is 18.8. The number of ketones is 1. The Morgan fingerprint density at radius 3 is 2.28 bits per heavy atom. The lowest BCUT2D eigenvalue weighted by Crippen LogP contribution is -2.35. The number of amides is 1. The second-order valence-electron chi connectivity index (χ2n) is 5.36. The number of Topliss-reactive ketones (excluding diaryl/α,β-unsaturated/α-hetero) is 1. The first-order chi connectivity index (χ1) is 11.7. The molecule has 0 radical (unpaired) electrons. The zero-order valence-corrected chi connectivity index (χ0v) is 14.5. The standard InChI is InChI=1S/C17H17FN2O4S/c1-12(21)15-5-3-4-6-16(15)19-17(22)11-20(2)25(23,24)14-9-7-13(18)8-10-14/h3-10H,11H2,1-2H3,(H,19,22). The number of para-hydroxylation sites is 1. The number of sulfonamides is 1. The fourth-order valence-corrected chi connectivity index (χ4v) is 3.29. The van der Waals surface area contributed by atoms with Crippen molar-refractivity contribution in [2.24, 2.45) is 0 Å². The number of likely N-dealkylation sites (N-methyl/N-ethyl adjacent to an activating group) is 1. The van der Waals surface area contributed by atoms with Crippen molar-refractivity contribution in [3.8, 4) is 0 Å². The molecule has 8 heteroatoms. The molecule has 2 aromatic carbocycles. The zero-order valence-electron chi connectivity index (χ0n) is 13.7. The van der Waals surface area contributed by atoms with E-state index >= 15 is 0 Å². The van der Waals surface area contributed by atoms with Crippen molar-refractivity contribution in [1.82, 2.24) is 4.31 Å². The van der Waals surface area contributed by atoms with Crippen LogP contribution in [0.1, 0.15) is 17.3 Å². The molecule has 0 aromatic heterocycles. The van der Waals surface area contributed by atoms with Crippen LogP contribution in [0, 0.1) is 5.82 Å². The van der Waals surface area contributed by atoms with Gasteiger partial charge in [-0.2, -0.15) is 4.31 Å². The molecule has 0 aliphatic carbocycles. The third kappa shape index (κ3) is 4.49. The minimum atomic E-state index is -3.93. The van der Waals surface area contributed by atoms with Crippen LogP contribution < -0.4 is 5.32 Å². The Kier molecular flexibility index (Phi) is 5.66. The Labute approximate surface area is 145 Å². The molecule has 6 nitrogen and oxygen atoms in total. The number of hydrogen-bond donors (Lipinski definition) is 1. The zero-order chi connectivity index (χ0) is 18.6. The molecule has 0 bridgehead atoms. The van der Waals surface area contributed by atoms with Crippen LogP contribution in [-0.4, -0.2) is 38.0 Å². The predicted octanol–water partition coefficient (Wildman–Crippen LogP) is 2.29. The van der Waals surface area contributed by atoms with Crippen LogP contribution in [0.5, 0.6) is 0 Å². The molecule has 0 unspecified atom stereocenters. The SMILES string of the molecule is CC(=O)c1ccccc1NC(=O)CN(C)S(=O)(=O)c1ccc(F)cc1. The molecule has 0 atom stereocenters. The van der Waals surface area contributed by atoms with E-state index < -0.39 is 28.3 Å². The molecule has 0 saturated carbocycles. The van der Waals surface area contributed by atoms with Gasteiger partial charge in [0.2, 0.25) is 15.9 Å². The average Bonchev–Trinajstić information content (AvgIpc) is 2.55. The summed E-state index contributed by atoms with van der Waals surface area (Å²) in [5.74, 6) is -1.37. The summed E-state index contributed by atoms with van der Waals surface area (Å²) in [4.78, 5) is 23.6. The lowest BCUT2D eigenvalue weighted by molar-refractivity contribution is -0.116. The highest BCUT2D eigenvalue weighted by molar-refractivity contribution is 7.89. The van der Waals surface area contributed by atoms with Gasteiger partial charge in [-0.15, -0.1) is 0 Å². The molecule has 25 heavy (non-hydrogen) atoms. The lowest BCUT2D eigenvalue weighted by atomic mass is 10.1. The Balaban J connectivity index is 2.12. The molecule has 2 rings (SSSR count). The lowest BCUT2D eigenvalue weighted by Gasteiger charge is -2.17. The normalized spacial score (nSPS) is 11.4. The maximum absolute atomic E-state index is 12.9. The number of halogens is 1. The van der Waals surface area contributed by atoms with E-state index in [-0.39, 0.29) is 10.7 Å². The van der Waals surface area contributed by atoms with Crippen molar-refractivity contribution in [3.05, 3.63) is 59.9 Å². The van der Waals surface area contributed by atoms with E-state index in [4.69, 9.17) is 0 Å². The predicted molar refractivity (Wildman–Crippen MR) is 91.3 cm³/mol. The van der Waals surface area contributed by atoms with Crippen molar-refractivity contribution in [3.63, 3.8) is 0 Å². The summed E-state index contributed by atoms with van der Waals surface area (Å²) in [7, 11) is -2.69. The summed E-state index contributed by atoms with van der Waals surface area (Å²) in [5, 5.41) is 2.53. The molecule has 0 aliphatic rings. The van der Waals surface area contributed by atoms with Crippen LogP contribution in [0.2, 0.25) is 0 Å². The maximum Gasteiger partial charge on any atom is 0.243 e. The second-order valence-corrected chi connectivity index (χ2v) is 7.41. The van der Waals surface area contributed by atoms with Gasteiger partial charge in [0.1, 0.15) is 5.82 Å². The van der Waals surface area contributed by atoms with E-state index in [1.807, 2.05) is 0 Å². The van der Waals surface area contributed by atoms with Crippen LogP contribution in [0.25, 0.3) is 0 Å². The van der Waals surface area contributed by atoms with Gasteiger partial charge in [0, 0.05) is 12.6 Å². The topological polar surface area (TPSA) is 83.6 Å². The van der Waals surface area contributed by atoms with Crippen LogP contribution in [0.4, 0.5) is 10.1 Å². The summed E-state index contributed by atoms with van der Waals surface area (Å²) >= 11 is 0. The summed E-state index contributed by atoms with van der Waals surface area (Å²) in [6.45, 7) is 0.919. The highest BCUT2D eigenvalue weighted by atomic mass is 32.2. The number of hydrogen-bond acceptors (Lipinski definition) is 4. The van der Waals surface area contributed by atoms with Crippen molar-refractivity contribution < 1.29 is 22.4 Å². The minimum absolute atomic E-state index is 0.117. The van der Waals surface area contributed by atoms with Gasteiger partial charge in [0.25, 0.3) is 0 Å². The maximum atomic E-state index is 12.9. The number of carbonyl (C=O) groups is 2. The fraction of sp³-hybridized carbons (Fsp3) is 0.176. The van der Waals surface area contributed by atoms with Crippen molar-refractivity contribution >= 4 is 27.4 Å². The van der Waals surface area contributed by atoms with E-state index in [0.29, 0.717) is 11.3 Å². The molecular weight excluding hydrogens is 347 g/mol. The Morgan fingerprint density at radius 1 is 1.08 bits per heavy atom. The summed E-state index contributed by atoms with van der Waals surface area (Å²) in [6, 6.07) is 10.8. The minimum Gasteiger partial charge on any atom is -0.324 e. The van der Waals surface area contributed by atoms with Crippen molar-refractivity contribution in [2.45, 2.75) is 11.8 Å². The number of anilines is 1. The van der Waals surface area contributed by atoms with E-state index in [1.165, 1.54) is 14.0 Å². The van der Waals surface area contributed by atoms with Gasteiger partial charge in [-0.3, -0.25) is 9.59 Å². The van der Waals surface area contributed by atoms with Crippen LogP contribution in [0.15, 0.2) is 53.4 Å². The third-order valence-corrected chi connectivity index (χ3v) is 5.29. The summed E-state index contributed by atoms with van der Waals surface area (Å²) in [5.41, 5.74) is 0.646. The average molecular weight is 364 g/mol. The second kappa shape index (κ2) is 7.54. The smallest absolute Gasteiger partial charge is 0.243 e. The van der Waals surface area contributed by atoms with Crippen molar-refractivity contribution in [2.75, 3.05) is 18.9 Å². The fourth-order valence-electron chi connectivity index (χ4n) is 2.16. The Bertz CT molecular complexity index is 895. The number of carbonyl (C=O) groups excluding carboxylic acids is 2. The van der Waals surface area contributed by atoms with Gasteiger partial charge < -0.3 is 5.32 Å². The summed E-state index contributed by atoms with van der Waals surface area (Å²) < 4.78 is 38.5.